The maximum Gasteiger partial charge on any atom is -0.00731 e. The van der Waals surface area contributed by atoms with Crippen molar-refractivity contribution in [3.8, 4) is 11.1 Å². The highest BCUT2D eigenvalue weighted by molar-refractivity contribution is 6.14. The number of rotatable bonds is 15. The van der Waals surface area contributed by atoms with Crippen molar-refractivity contribution in [1.82, 2.24) is 0 Å². The van der Waals surface area contributed by atoms with Gasteiger partial charge in [-0.3, -0.25) is 0 Å². The molecule has 282 valence electrons. The minimum absolute atomic E-state index is 0.633. The van der Waals surface area contributed by atoms with Crippen molar-refractivity contribution in [2.24, 2.45) is 0 Å². The number of unbranched alkanes of at least 4 members (excludes halogenated alkanes) is 4. The first-order valence-electron chi connectivity index (χ1n) is 20.9. The van der Waals surface area contributed by atoms with Gasteiger partial charge < -0.3 is 0 Å². The maximum absolute atomic E-state index is 6.23. The molecule has 0 heterocycles. The van der Waals surface area contributed by atoms with Crippen LogP contribution in [0.15, 0.2) is 194 Å². The molecule has 0 aliphatic heterocycles. The molecule has 0 saturated heterocycles. The van der Waals surface area contributed by atoms with Gasteiger partial charge in [0.25, 0.3) is 0 Å². The van der Waals surface area contributed by atoms with Crippen molar-refractivity contribution >= 4 is 43.8 Å². The normalized spacial score (nSPS) is 11.1. The molecule has 0 atom stereocenters. The van der Waals surface area contributed by atoms with Crippen LogP contribution in [0, 0.1) is 13.8 Å². The van der Waals surface area contributed by atoms with Crippen LogP contribution in [0.4, 0.5) is 0 Å². The van der Waals surface area contributed by atoms with Crippen molar-refractivity contribution in [3.63, 3.8) is 0 Å². The van der Waals surface area contributed by atoms with Gasteiger partial charge in [-0.1, -0.05) is 207 Å². The van der Waals surface area contributed by atoms with Gasteiger partial charge in [0.15, 0.2) is 0 Å². The largest absolute Gasteiger partial charge is 0.0622 e. The van der Waals surface area contributed by atoms with Gasteiger partial charge in [-0.15, -0.1) is 0 Å². The van der Waals surface area contributed by atoms with Crippen LogP contribution in [-0.2, 0) is 0 Å². The predicted octanol–water partition coefficient (Wildman–Crippen LogP) is 16.1. The van der Waals surface area contributed by atoms with Crippen molar-refractivity contribution in [3.05, 3.63) is 241 Å². The third kappa shape index (κ3) is 8.25. The van der Waals surface area contributed by atoms with Crippen LogP contribution >= 0.6 is 0 Å². The molecule has 4 radical (unpaired) electrons. The van der Waals surface area contributed by atoms with Crippen molar-refractivity contribution in [1.29, 1.82) is 0 Å². The van der Waals surface area contributed by atoms with Gasteiger partial charge in [0.05, 0.1) is 0 Å². The zero-order chi connectivity index (χ0) is 39.5. The first kappa shape index (κ1) is 38.6. The van der Waals surface area contributed by atoms with E-state index >= 15 is 0 Å². The van der Waals surface area contributed by atoms with E-state index in [0.717, 1.165) is 44.9 Å². The van der Waals surface area contributed by atoms with Crippen LogP contribution in [0.25, 0.3) is 55.0 Å². The highest BCUT2D eigenvalue weighted by atomic mass is 14.2. The summed E-state index contributed by atoms with van der Waals surface area (Å²) in [5.74, 6) is 0. The second-order valence-corrected chi connectivity index (χ2v) is 15.1. The van der Waals surface area contributed by atoms with E-state index in [-0.39, 0.29) is 0 Å². The number of benzene rings is 8. The van der Waals surface area contributed by atoms with Crippen LogP contribution in [0.5, 0.6) is 0 Å². The third-order valence-corrected chi connectivity index (χ3v) is 11.4. The Morgan fingerprint density at radius 1 is 0.293 bits per heavy atom. The summed E-state index contributed by atoms with van der Waals surface area (Å²) in [6, 6.07) is 70.9. The Morgan fingerprint density at radius 2 is 0.621 bits per heavy atom. The van der Waals surface area contributed by atoms with Gasteiger partial charge in [0.2, 0.25) is 0 Å². The molecule has 58 heavy (non-hydrogen) atoms. The number of hydrogen-bond donors (Lipinski definition) is 0. The van der Waals surface area contributed by atoms with E-state index < -0.39 is 0 Å². The minimum Gasteiger partial charge on any atom is -0.0622 e. The van der Waals surface area contributed by atoms with Crippen LogP contribution in [0.3, 0.4) is 0 Å². The summed E-state index contributed by atoms with van der Waals surface area (Å²) in [7, 11) is 0. The Morgan fingerprint density at radius 3 is 0.983 bits per heavy atom. The molecule has 0 aliphatic rings. The van der Waals surface area contributed by atoms with E-state index in [1.54, 1.807) is 0 Å². The molecule has 0 aromatic heterocycles. The number of allylic oxidation sites excluding steroid dienone is 2. The van der Waals surface area contributed by atoms with Crippen molar-refractivity contribution in [2.75, 3.05) is 0 Å². The average molecular weight is 747 g/mol. The molecule has 0 fully saturated rings. The Balaban J connectivity index is 1.35. The topological polar surface area (TPSA) is 0 Å². The summed E-state index contributed by atoms with van der Waals surface area (Å²) >= 11 is 0. The van der Waals surface area contributed by atoms with Crippen LogP contribution in [0.2, 0.25) is 0 Å². The maximum atomic E-state index is 6.23. The first-order valence-corrected chi connectivity index (χ1v) is 20.9. The zero-order valence-corrected chi connectivity index (χ0v) is 33.3. The lowest BCUT2D eigenvalue weighted by Crippen LogP contribution is -1.99. The molecular weight excluding hydrogens is 697 g/mol. The van der Waals surface area contributed by atoms with Crippen molar-refractivity contribution < 1.29 is 0 Å². The molecule has 0 spiro atoms. The van der Waals surface area contributed by atoms with E-state index in [9.17, 15) is 0 Å². The fourth-order valence-corrected chi connectivity index (χ4v) is 8.73. The molecule has 0 saturated carbocycles. The second-order valence-electron chi connectivity index (χ2n) is 15.1. The molecule has 0 bridgehead atoms. The summed E-state index contributed by atoms with van der Waals surface area (Å²) in [6.07, 6.45) is 7.30. The fraction of sp³-hybridized carbons (Fsp3) is 0.138. The third-order valence-electron chi connectivity index (χ3n) is 11.4. The fourth-order valence-electron chi connectivity index (χ4n) is 8.73. The molecule has 0 N–H and O–H groups in total. The lowest BCUT2D eigenvalue weighted by molar-refractivity contribution is 0.700. The molecule has 0 unspecified atom stereocenters. The Kier molecular flexibility index (Phi) is 12.5. The average Bonchev–Trinajstić information content (AvgIpc) is 3.29. The van der Waals surface area contributed by atoms with Gasteiger partial charge in [0.1, 0.15) is 0 Å². The van der Waals surface area contributed by atoms with Gasteiger partial charge >= 0.3 is 0 Å². The smallest absolute Gasteiger partial charge is 0.00731 e. The minimum atomic E-state index is 0.633. The van der Waals surface area contributed by atoms with Gasteiger partial charge in [-0.2, -0.15) is 0 Å². The van der Waals surface area contributed by atoms with Crippen molar-refractivity contribution in [2.45, 2.75) is 51.4 Å². The second kappa shape index (κ2) is 18.8. The molecule has 8 aromatic rings. The van der Waals surface area contributed by atoms with E-state index in [4.69, 9.17) is 13.8 Å². The Labute approximate surface area is 346 Å². The standard InChI is InChI=1S/C58H50/c1-3-5-7-20-38-56(58(45-29-16-10-17-30-45)46-31-18-11-19-32-46)54-42-40-52(48-35-22-24-37-50(48)54)51-39-41-53(49-36-23-21-34-47(49)51)55(33-6-4-2)57(43-25-12-8-13-26-43)44-27-14-9-15-28-44/h1-2,8-19,21-32,34-37,39-42H,3-7,20,33,38H2. The van der Waals surface area contributed by atoms with E-state index in [1.807, 2.05) is 0 Å². The summed E-state index contributed by atoms with van der Waals surface area (Å²) in [6.45, 7) is 12.2. The lowest BCUT2D eigenvalue weighted by Gasteiger charge is -2.22. The Hall–Kier alpha value is -6.24. The highest BCUT2D eigenvalue weighted by Gasteiger charge is 2.21. The molecule has 8 aromatic carbocycles. The summed E-state index contributed by atoms with van der Waals surface area (Å²) in [5.41, 5.74) is 15.2. The Bertz CT molecular complexity index is 2560. The lowest BCUT2D eigenvalue weighted by atomic mass is 9.82. The van der Waals surface area contributed by atoms with Crippen LogP contribution in [-0.4, -0.2) is 0 Å². The van der Waals surface area contributed by atoms with Gasteiger partial charge in [0, 0.05) is 0 Å². The monoisotopic (exact) mass is 746 g/mol. The van der Waals surface area contributed by atoms with Gasteiger partial charge in [-0.05, 0) is 141 Å². The zero-order valence-electron chi connectivity index (χ0n) is 33.3. The van der Waals surface area contributed by atoms with E-state index in [2.05, 4.69) is 194 Å². The summed E-state index contributed by atoms with van der Waals surface area (Å²) in [4.78, 5) is 0. The summed E-state index contributed by atoms with van der Waals surface area (Å²) in [5, 5.41) is 5.02. The molecule has 0 amide bonds. The first-order chi connectivity index (χ1) is 28.8. The highest BCUT2D eigenvalue weighted by Crippen LogP contribution is 2.44. The molecule has 0 nitrogen and oxygen atoms in total. The van der Waals surface area contributed by atoms with E-state index in [0.29, 0.717) is 6.42 Å². The molecule has 0 heteroatoms. The number of hydrogen-bond acceptors (Lipinski definition) is 0. The SMILES string of the molecule is [CH]CCCCCC(=C(c1ccccc1)c1ccccc1)c1ccc(-c2ccc(C(CCC[CH])=C(c3ccccc3)c3ccccc3)c3ccccc23)c2ccccc12. The van der Waals surface area contributed by atoms with E-state index in [1.165, 1.54) is 88.3 Å². The molecule has 8 rings (SSSR count). The van der Waals surface area contributed by atoms with Gasteiger partial charge in [-0.25, -0.2) is 0 Å². The number of fused-ring (bicyclic) bond motifs is 2. The van der Waals surface area contributed by atoms with Crippen LogP contribution in [0.1, 0.15) is 84.7 Å². The molecular formula is C58H50. The summed E-state index contributed by atoms with van der Waals surface area (Å²) < 4.78 is 0. The quantitative estimate of drug-likeness (QED) is 0.0724. The van der Waals surface area contributed by atoms with Crippen LogP contribution < -0.4 is 0 Å². The predicted molar refractivity (Wildman–Crippen MR) is 250 cm³/mol. The molecule has 0 aliphatic carbocycles.